The van der Waals surface area contributed by atoms with Gasteiger partial charge in [-0.25, -0.2) is 8.42 Å². The minimum atomic E-state index is -3.33. The van der Waals surface area contributed by atoms with Crippen LogP contribution in [0.3, 0.4) is 0 Å². The molecule has 1 aromatic rings. The number of halogens is 1. The number of hydrogen-bond acceptors (Lipinski definition) is 3. The molecule has 0 aliphatic carbocycles. The van der Waals surface area contributed by atoms with E-state index in [1.54, 1.807) is 12.1 Å². The van der Waals surface area contributed by atoms with Gasteiger partial charge in [0.1, 0.15) is 0 Å². The lowest BCUT2D eigenvalue weighted by Crippen LogP contribution is -2.02. The third-order valence-corrected chi connectivity index (χ3v) is 3.38. The minimum Gasteiger partial charge on any atom is -0.298 e. The molecule has 0 amide bonds. The van der Waals surface area contributed by atoms with Gasteiger partial charge in [-0.15, -0.1) is 0 Å². The van der Waals surface area contributed by atoms with Crippen molar-refractivity contribution in [1.29, 1.82) is 0 Å². The van der Waals surface area contributed by atoms with E-state index in [1.807, 2.05) is 0 Å². The number of benzene rings is 1. The van der Waals surface area contributed by atoms with Gasteiger partial charge in [0.25, 0.3) is 0 Å². The maximum absolute atomic E-state index is 11.2. The van der Waals surface area contributed by atoms with Crippen molar-refractivity contribution in [2.75, 3.05) is 6.26 Å². The van der Waals surface area contributed by atoms with Crippen LogP contribution in [0.25, 0.3) is 0 Å². The Morgan fingerprint density at radius 2 is 2.00 bits per heavy atom. The zero-order chi connectivity index (χ0) is 10.1. The van der Waals surface area contributed by atoms with E-state index in [2.05, 4.69) is 15.9 Å². The van der Waals surface area contributed by atoms with Crippen LogP contribution >= 0.6 is 15.9 Å². The summed E-state index contributed by atoms with van der Waals surface area (Å²) in [6.07, 6.45) is 1.60. The molecular weight excluding hydrogens is 256 g/mol. The molecular formula is C8H7BrO3S. The van der Waals surface area contributed by atoms with E-state index in [-0.39, 0.29) is 10.5 Å². The molecule has 0 aromatic heterocycles. The summed E-state index contributed by atoms with van der Waals surface area (Å²) in [5, 5.41) is 0. The largest absolute Gasteiger partial charge is 0.298 e. The van der Waals surface area contributed by atoms with Crippen LogP contribution in [0.4, 0.5) is 0 Å². The van der Waals surface area contributed by atoms with Crippen LogP contribution < -0.4 is 0 Å². The van der Waals surface area contributed by atoms with Crippen LogP contribution in [0.15, 0.2) is 27.6 Å². The maximum atomic E-state index is 11.2. The fourth-order valence-corrected chi connectivity index (χ4v) is 2.43. The smallest absolute Gasteiger partial charge is 0.176 e. The Kier molecular flexibility index (Phi) is 2.87. The van der Waals surface area contributed by atoms with E-state index >= 15 is 0 Å². The third-order valence-electron chi connectivity index (χ3n) is 1.53. The normalized spacial score (nSPS) is 11.2. The first-order valence-electron chi connectivity index (χ1n) is 3.40. The molecule has 0 heterocycles. The monoisotopic (exact) mass is 262 g/mol. The first-order chi connectivity index (χ1) is 5.96. The van der Waals surface area contributed by atoms with Gasteiger partial charge in [-0.05, 0) is 12.1 Å². The molecule has 0 spiro atoms. The van der Waals surface area contributed by atoms with Crippen LogP contribution in [-0.2, 0) is 9.84 Å². The summed E-state index contributed by atoms with van der Waals surface area (Å²) in [4.78, 5) is 10.7. The maximum Gasteiger partial charge on any atom is 0.176 e. The molecule has 0 unspecified atom stereocenters. The molecule has 1 aromatic carbocycles. The Balaban J connectivity index is 3.56. The Morgan fingerprint density at radius 3 is 2.38 bits per heavy atom. The molecule has 0 aliphatic rings. The highest BCUT2D eigenvalue weighted by molar-refractivity contribution is 9.10. The number of sulfone groups is 1. The lowest BCUT2D eigenvalue weighted by Gasteiger charge is -2.02. The Hall–Kier alpha value is -0.680. The molecule has 0 saturated carbocycles. The van der Waals surface area contributed by atoms with E-state index in [0.29, 0.717) is 10.8 Å². The summed E-state index contributed by atoms with van der Waals surface area (Å²) >= 11 is 3.10. The summed E-state index contributed by atoms with van der Waals surface area (Å²) in [6.45, 7) is 0. The van der Waals surface area contributed by atoms with Crippen molar-refractivity contribution in [3.05, 3.63) is 28.2 Å². The van der Waals surface area contributed by atoms with Crippen molar-refractivity contribution in [3.63, 3.8) is 0 Å². The van der Waals surface area contributed by atoms with Crippen molar-refractivity contribution < 1.29 is 13.2 Å². The Bertz CT molecular complexity index is 437. The topological polar surface area (TPSA) is 51.2 Å². The summed E-state index contributed by atoms with van der Waals surface area (Å²) in [5.74, 6) is 0. The van der Waals surface area contributed by atoms with Crippen LogP contribution in [0.5, 0.6) is 0 Å². The van der Waals surface area contributed by atoms with Crippen LogP contribution in [0.1, 0.15) is 10.4 Å². The van der Waals surface area contributed by atoms with E-state index in [4.69, 9.17) is 0 Å². The predicted octanol–water partition coefficient (Wildman–Crippen LogP) is 1.67. The standard InChI is InChI=1S/C8H7BrO3S/c1-13(11,12)8-4-2-3-7(9)6(8)5-10/h2-5H,1H3. The van der Waals surface area contributed by atoms with Gasteiger partial charge < -0.3 is 0 Å². The highest BCUT2D eigenvalue weighted by atomic mass is 79.9. The Morgan fingerprint density at radius 1 is 1.38 bits per heavy atom. The second-order valence-corrected chi connectivity index (χ2v) is 5.38. The van der Waals surface area contributed by atoms with Gasteiger partial charge in [0.2, 0.25) is 0 Å². The quantitative estimate of drug-likeness (QED) is 0.762. The van der Waals surface area contributed by atoms with Crippen LogP contribution in [0, 0.1) is 0 Å². The molecule has 0 bridgehead atoms. The fraction of sp³-hybridized carbons (Fsp3) is 0.125. The van der Waals surface area contributed by atoms with Gasteiger partial charge in [-0.1, -0.05) is 22.0 Å². The van der Waals surface area contributed by atoms with E-state index in [9.17, 15) is 13.2 Å². The minimum absolute atomic E-state index is 0.0527. The number of hydrogen-bond donors (Lipinski definition) is 0. The molecule has 13 heavy (non-hydrogen) atoms. The molecule has 1 rings (SSSR count). The second-order valence-electron chi connectivity index (χ2n) is 2.54. The van der Waals surface area contributed by atoms with Crippen LogP contribution in [0.2, 0.25) is 0 Å². The molecule has 70 valence electrons. The zero-order valence-corrected chi connectivity index (χ0v) is 9.22. The summed E-state index contributed by atoms with van der Waals surface area (Å²) in [7, 11) is -3.33. The number of aldehydes is 1. The zero-order valence-electron chi connectivity index (χ0n) is 6.82. The number of carbonyl (C=O) groups excluding carboxylic acids is 1. The van der Waals surface area contributed by atoms with Crippen LogP contribution in [-0.4, -0.2) is 21.0 Å². The van der Waals surface area contributed by atoms with Gasteiger partial charge >= 0.3 is 0 Å². The molecule has 0 fully saturated rings. The van der Waals surface area contributed by atoms with Crippen molar-refractivity contribution in [3.8, 4) is 0 Å². The van der Waals surface area contributed by atoms with Crippen molar-refractivity contribution >= 4 is 32.1 Å². The average Bonchev–Trinajstić information content (AvgIpc) is 2.02. The molecule has 3 nitrogen and oxygen atoms in total. The number of rotatable bonds is 2. The fourth-order valence-electron chi connectivity index (χ4n) is 0.955. The molecule has 5 heteroatoms. The third kappa shape index (κ3) is 2.16. The van der Waals surface area contributed by atoms with E-state index in [1.165, 1.54) is 6.07 Å². The summed E-state index contributed by atoms with van der Waals surface area (Å²) in [5.41, 5.74) is 0.171. The average molecular weight is 263 g/mol. The van der Waals surface area contributed by atoms with E-state index in [0.717, 1.165) is 6.26 Å². The highest BCUT2D eigenvalue weighted by Gasteiger charge is 2.14. The Labute approximate surface area is 84.8 Å². The van der Waals surface area contributed by atoms with Gasteiger partial charge in [0, 0.05) is 16.3 Å². The van der Waals surface area contributed by atoms with Crippen molar-refractivity contribution in [1.82, 2.24) is 0 Å². The summed E-state index contributed by atoms with van der Waals surface area (Å²) < 4.78 is 22.9. The predicted molar refractivity (Wildman–Crippen MR) is 52.6 cm³/mol. The SMILES string of the molecule is CS(=O)(=O)c1cccc(Br)c1C=O. The molecule has 0 atom stereocenters. The van der Waals surface area contributed by atoms with Gasteiger partial charge in [-0.2, -0.15) is 0 Å². The second kappa shape index (κ2) is 3.59. The lowest BCUT2D eigenvalue weighted by atomic mass is 10.2. The van der Waals surface area contributed by atoms with E-state index < -0.39 is 9.84 Å². The molecule has 0 N–H and O–H groups in total. The first kappa shape index (κ1) is 10.4. The molecule has 0 aliphatic heterocycles. The summed E-state index contributed by atoms with van der Waals surface area (Å²) in [6, 6.07) is 4.61. The van der Waals surface area contributed by atoms with Gasteiger partial charge in [0.15, 0.2) is 16.1 Å². The lowest BCUT2D eigenvalue weighted by molar-refractivity contribution is 0.112. The van der Waals surface area contributed by atoms with Crippen molar-refractivity contribution in [2.45, 2.75) is 4.90 Å². The van der Waals surface area contributed by atoms with Gasteiger partial charge in [0.05, 0.1) is 4.90 Å². The molecule has 0 saturated heterocycles. The first-order valence-corrected chi connectivity index (χ1v) is 6.09. The number of carbonyl (C=O) groups is 1. The van der Waals surface area contributed by atoms with Gasteiger partial charge in [-0.3, -0.25) is 4.79 Å². The highest BCUT2D eigenvalue weighted by Crippen LogP contribution is 2.22. The van der Waals surface area contributed by atoms with Crippen molar-refractivity contribution in [2.24, 2.45) is 0 Å². The molecule has 0 radical (unpaired) electrons.